The summed E-state index contributed by atoms with van der Waals surface area (Å²) in [7, 11) is 0. The Balaban J connectivity index is 1.52. The molecule has 3 heteroatoms. The van der Waals surface area contributed by atoms with Crippen LogP contribution >= 0.6 is 0 Å². The number of terminal acetylenes is 1. The lowest BCUT2D eigenvalue weighted by atomic mass is 10.0. The molecule has 0 aliphatic carbocycles. The maximum atomic E-state index is 5.36. The van der Waals surface area contributed by atoms with E-state index in [1.165, 1.54) is 58.2 Å². The van der Waals surface area contributed by atoms with Crippen LogP contribution in [0, 0.1) is 12.3 Å². The summed E-state index contributed by atoms with van der Waals surface area (Å²) in [5, 5.41) is 3.73. The van der Waals surface area contributed by atoms with Gasteiger partial charge in [-0.1, -0.05) is 12.3 Å². The molecule has 1 N–H and O–H groups in total. The highest BCUT2D eigenvalue weighted by Gasteiger charge is 2.19. The molecule has 0 aromatic heterocycles. The second-order valence-corrected chi connectivity index (χ2v) is 6.44. The van der Waals surface area contributed by atoms with Crippen molar-refractivity contribution in [3.8, 4) is 12.3 Å². The topological polar surface area (TPSA) is 18.5 Å². The first kappa shape index (κ1) is 15.8. The van der Waals surface area contributed by atoms with Gasteiger partial charge < -0.3 is 10.2 Å². The van der Waals surface area contributed by atoms with Crippen LogP contribution in [-0.4, -0.2) is 61.2 Å². The zero-order valence-electron chi connectivity index (χ0n) is 13.1. The molecule has 3 nitrogen and oxygen atoms in total. The standard InChI is InChI=1S/C17H31N3/c1-3-11-19-14-8-17(9-15-19)18-10-6-13-20-12-5-4-7-16(20)2/h1,16-18H,4-15H2,2H3. The van der Waals surface area contributed by atoms with E-state index in [0.717, 1.165) is 25.7 Å². The van der Waals surface area contributed by atoms with Gasteiger partial charge in [-0.15, -0.1) is 6.42 Å². The van der Waals surface area contributed by atoms with Gasteiger partial charge in [0.25, 0.3) is 0 Å². The van der Waals surface area contributed by atoms with Crippen LogP contribution in [0.15, 0.2) is 0 Å². The smallest absolute Gasteiger partial charge is 0.0598 e. The van der Waals surface area contributed by atoms with Gasteiger partial charge in [-0.25, -0.2) is 0 Å². The number of rotatable bonds is 6. The molecule has 1 unspecified atom stereocenters. The fraction of sp³-hybridized carbons (Fsp3) is 0.882. The Kier molecular flexibility index (Phi) is 6.86. The largest absolute Gasteiger partial charge is 0.314 e. The van der Waals surface area contributed by atoms with Crippen molar-refractivity contribution < 1.29 is 0 Å². The SMILES string of the molecule is C#CCN1CCC(NCCCN2CCCCC2C)CC1. The maximum Gasteiger partial charge on any atom is 0.0598 e. The Hall–Kier alpha value is -0.560. The molecule has 2 aliphatic heterocycles. The molecule has 0 bridgehead atoms. The Morgan fingerprint density at radius 2 is 1.95 bits per heavy atom. The predicted molar refractivity (Wildman–Crippen MR) is 85.8 cm³/mol. The van der Waals surface area contributed by atoms with Crippen molar-refractivity contribution in [3.63, 3.8) is 0 Å². The first-order valence-corrected chi connectivity index (χ1v) is 8.43. The summed E-state index contributed by atoms with van der Waals surface area (Å²) < 4.78 is 0. The molecule has 1 atom stereocenters. The molecule has 2 heterocycles. The fourth-order valence-electron chi connectivity index (χ4n) is 3.50. The van der Waals surface area contributed by atoms with Crippen molar-refractivity contribution in [2.24, 2.45) is 0 Å². The lowest BCUT2D eigenvalue weighted by Crippen LogP contribution is -2.44. The molecular weight excluding hydrogens is 246 g/mol. The van der Waals surface area contributed by atoms with Crippen molar-refractivity contribution in [2.45, 2.75) is 57.5 Å². The second-order valence-electron chi connectivity index (χ2n) is 6.44. The molecule has 2 fully saturated rings. The Labute approximate surface area is 125 Å². The highest BCUT2D eigenvalue weighted by molar-refractivity contribution is 4.90. The summed E-state index contributed by atoms with van der Waals surface area (Å²) in [6.07, 6.45) is 13.4. The number of likely N-dealkylation sites (tertiary alicyclic amines) is 2. The molecule has 2 saturated heterocycles. The van der Waals surface area contributed by atoms with Crippen LogP contribution in [-0.2, 0) is 0 Å². The minimum atomic E-state index is 0.711. The third-order valence-electron chi connectivity index (χ3n) is 4.90. The van der Waals surface area contributed by atoms with Crippen molar-refractivity contribution in [1.82, 2.24) is 15.1 Å². The van der Waals surface area contributed by atoms with Gasteiger partial charge in [0, 0.05) is 25.2 Å². The van der Waals surface area contributed by atoms with E-state index in [0.29, 0.717) is 6.04 Å². The van der Waals surface area contributed by atoms with Crippen LogP contribution in [0.5, 0.6) is 0 Å². The van der Waals surface area contributed by atoms with Crippen LogP contribution in [0.25, 0.3) is 0 Å². The van der Waals surface area contributed by atoms with Gasteiger partial charge in [0.2, 0.25) is 0 Å². The van der Waals surface area contributed by atoms with Crippen LogP contribution < -0.4 is 5.32 Å². The number of hydrogen-bond donors (Lipinski definition) is 1. The highest BCUT2D eigenvalue weighted by Crippen LogP contribution is 2.16. The number of nitrogens with one attached hydrogen (secondary N) is 1. The Morgan fingerprint density at radius 1 is 1.15 bits per heavy atom. The Bertz CT molecular complexity index is 302. The summed E-state index contributed by atoms with van der Waals surface area (Å²) in [5.74, 6) is 2.75. The summed E-state index contributed by atoms with van der Waals surface area (Å²) >= 11 is 0. The molecule has 0 radical (unpaired) electrons. The number of piperidine rings is 2. The Morgan fingerprint density at radius 3 is 2.65 bits per heavy atom. The van der Waals surface area contributed by atoms with E-state index in [9.17, 15) is 0 Å². The molecule has 0 amide bonds. The molecule has 0 aromatic rings. The summed E-state index contributed by atoms with van der Waals surface area (Å²) in [6, 6.07) is 1.51. The molecule has 114 valence electrons. The van der Waals surface area contributed by atoms with Crippen LogP contribution in [0.3, 0.4) is 0 Å². The molecular formula is C17H31N3. The molecule has 2 rings (SSSR count). The molecule has 0 aromatic carbocycles. The third-order valence-corrected chi connectivity index (χ3v) is 4.90. The zero-order valence-corrected chi connectivity index (χ0v) is 13.1. The van der Waals surface area contributed by atoms with Gasteiger partial charge in [-0.3, -0.25) is 4.90 Å². The second kappa shape index (κ2) is 8.67. The minimum absolute atomic E-state index is 0.711. The van der Waals surface area contributed by atoms with E-state index in [1.54, 1.807) is 0 Å². The third kappa shape index (κ3) is 5.09. The number of hydrogen-bond acceptors (Lipinski definition) is 3. The van der Waals surface area contributed by atoms with Gasteiger partial charge in [0.05, 0.1) is 6.54 Å². The fourth-order valence-corrected chi connectivity index (χ4v) is 3.50. The van der Waals surface area contributed by atoms with E-state index in [4.69, 9.17) is 6.42 Å². The van der Waals surface area contributed by atoms with E-state index in [2.05, 4.69) is 28.0 Å². The van der Waals surface area contributed by atoms with Gasteiger partial charge in [-0.05, 0) is 58.7 Å². The zero-order chi connectivity index (χ0) is 14.2. The van der Waals surface area contributed by atoms with Gasteiger partial charge in [0.1, 0.15) is 0 Å². The van der Waals surface area contributed by atoms with Crippen molar-refractivity contribution in [1.29, 1.82) is 0 Å². The summed E-state index contributed by atoms with van der Waals surface area (Å²) in [4.78, 5) is 5.05. The molecule has 0 spiro atoms. The van der Waals surface area contributed by atoms with Crippen molar-refractivity contribution >= 4 is 0 Å². The van der Waals surface area contributed by atoms with Gasteiger partial charge >= 0.3 is 0 Å². The first-order chi connectivity index (χ1) is 9.79. The van der Waals surface area contributed by atoms with E-state index < -0.39 is 0 Å². The van der Waals surface area contributed by atoms with E-state index in [1.807, 2.05) is 0 Å². The van der Waals surface area contributed by atoms with Crippen LogP contribution in [0.1, 0.15) is 45.4 Å². The van der Waals surface area contributed by atoms with Crippen LogP contribution in [0.2, 0.25) is 0 Å². The summed E-state index contributed by atoms with van der Waals surface area (Å²) in [6.45, 7) is 9.27. The normalized spacial score (nSPS) is 26.5. The highest BCUT2D eigenvalue weighted by atomic mass is 15.2. The van der Waals surface area contributed by atoms with Gasteiger partial charge in [0.15, 0.2) is 0 Å². The molecule has 0 saturated carbocycles. The van der Waals surface area contributed by atoms with E-state index >= 15 is 0 Å². The maximum absolute atomic E-state index is 5.36. The average Bonchev–Trinajstić information content (AvgIpc) is 2.47. The monoisotopic (exact) mass is 277 g/mol. The molecule has 2 aliphatic rings. The first-order valence-electron chi connectivity index (χ1n) is 8.43. The van der Waals surface area contributed by atoms with Crippen molar-refractivity contribution in [2.75, 3.05) is 39.3 Å². The van der Waals surface area contributed by atoms with E-state index in [-0.39, 0.29) is 0 Å². The predicted octanol–water partition coefficient (Wildman–Crippen LogP) is 1.94. The molecule has 20 heavy (non-hydrogen) atoms. The van der Waals surface area contributed by atoms with Crippen LogP contribution in [0.4, 0.5) is 0 Å². The number of nitrogens with zero attached hydrogens (tertiary/aromatic N) is 2. The van der Waals surface area contributed by atoms with Crippen molar-refractivity contribution in [3.05, 3.63) is 0 Å². The van der Waals surface area contributed by atoms with Gasteiger partial charge in [-0.2, -0.15) is 0 Å². The summed E-state index contributed by atoms with van der Waals surface area (Å²) in [5.41, 5.74) is 0. The average molecular weight is 277 g/mol. The lowest BCUT2D eigenvalue weighted by molar-refractivity contribution is 0.156. The minimum Gasteiger partial charge on any atom is -0.314 e. The lowest BCUT2D eigenvalue weighted by Gasteiger charge is -2.34. The quantitative estimate of drug-likeness (QED) is 0.591.